The molecule has 0 radical (unpaired) electrons. The Kier molecular flexibility index (Phi) is 5.74. The van der Waals surface area contributed by atoms with Crippen molar-refractivity contribution < 1.29 is 22.7 Å². The average Bonchev–Trinajstić information content (AvgIpc) is 3.16. The van der Waals surface area contributed by atoms with E-state index in [0.29, 0.717) is 24.5 Å². The van der Waals surface area contributed by atoms with Crippen LogP contribution in [-0.4, -0.2) is 51.7 Å². The summed E-state index contributed by atoms with van der Waals surface area (Å²) in [7, 11) is 1.71. The predicted molar refractivity (Wildman–Crippen MR) is 104 cm³/mol. The molecule has 1 aliphatic carbocycles. The molecule has 1 aliphatic heterocycles. The fraction of sp³-hybridized carbons (Fsp3) is 0.667. The topological polar surface area (TPSA) is 59.7 Å². The van der Waals surface area contributed by atoms with E-state index >= 15 is 0 Å². The molecule has 9 heteroatoms. The van der Waals surface area contributed by atoms with E-state index in [1.807, 2.05) is 4.90 Å². The summed E-state index contributed by atoms with van der Waals surface area (Å²) in [5, 5.41) is 4.25. The lowest BCUT2D eigenvalue weighted by Gasteiger charge is -2.36. The molecular weight excluding hydrogens is 397 g/mol. The number of methoxy groups -OCH3 is 1. The summed E-state index contributed by atoms with van der Waals surface area (Å²) < 4.78 is 46.6. The summed E-state index contributed by atoms with van der Waals surface area (Å²) in [5.74, 6) is 0.0847. The number of hydrogen-bond donors (Lipinski definition) is 0. The number of alkyl halides is 3. The number of aromatic nitrogens is 3. The molecule has 2 aromatic rings. The Morgan fingerprint density at radius 1 is 1.17 bits per heavy atom. The van der Waals surface area contributed by atoms with Gasteiger partial charge in [-0.15, -0.1) is 0 Å². The second-order valence-corrected chi connectivity index (χ2v) is 8.45. The van der Waals surface area contributed by atoms with Crippen LogP contribution in [0.2, 0.25) is 0 Å². The molecule has 1 saturated heterocycles. The Balaban J connectivity index is 1.52. The Morgan fingerprint density at radius 3 is 2.57 bits per heavy atom. The van der Waals surface area contributed by atoms with Crippen LogP contribution in [0, 0.1) is 12.8 Å². The molecule has 0 bridgehead atoms. The number of halogens is 3. The first kappa shape index (κ1) is 21.1. The second-order valence-electron chi connectivity index (χ2n) is 8.45. The highest BCUT2D eigenvalue weighted by Crippen LogP contribution is 2.34. The maximum Gasteiger partial charge on any atom is 0.433 e. The summed E-state index contributed by atoms with van der Waals surface area (Å²) in [4.78, 5) is 19.1. The maximum atomic E-state index is 13.4. The summed E-state index contributed by atoms with van der Waals surface area (Å²) in [6.45, 7) is 2.73. The first-order valence-electron chi connectivity index (χ1n) is 10.5. The van der Waals surface area contributed by atoms with Gasteiger partial charge in [0.05, 0.1) is 11.8 Å². The minimum Gasteiger partial charge on any atom is -0.381 e. The standard InChI is InChI=1S/C21H27F3N4O2/c1-13-10-18(21(22,23)24)28-19(25-13)11-17(26-28)15-4-3-9-27(12-15)20(29)14-5-7-16(30-2)8-6-14/h10-11,14-16H,3-9,12H2,1-2H3/t14?,15-,16?/m1/s1. The molecule has 2 fully saturated rings. The normalized spacial score (nSPS) is 25.6. The highest BCUT2D eigenvalue weighted by Gasteiger charge is 2.36. The van der Waals surface area contributed by atoms with E-state index in [9.17, 15) is 18.0 Å². The predicted octanol–water partition coefficient (Wildman–Crippen LogP) is 3.97. The lowest BCUT2D eigenvalue weighted by atomic mass is 9.85. The molecule has 1 amide bonds. The number of carbonyl (C=O) groups excluding carboxylic acids is 1. The second kappa shape index (κ2) is 8.17. The zero-order valence-corrected chi connectivity index (χ0v) is 17.3. The van der Waals surface area contributed by atoms with Gasteiger partial charge in [0.1, 0.15) is 5.69 Å². The molecule has 2 aliphatic rings. The fourth-order valence-corrected chi connectivity index (χ4v) is 4.74. The van der Waals surface area contributed by atoms with Gasteiger partial charge in [-0.1, -0.05) is 0 Å². The highest BCUT2D eigenvalue weighted by molar-refractivity contribution is 5.79. The number of fused-ring (bicyclic) bond motifs is 1. The van der Waals surface area contributed by atoms with Gasteiger partial charge < -0.3 is 9.64 Å². The van der Waals surface area contributed by atoms with Crippen LogP contribution in [0.25, 0.3) is 5.65 Å². The lowest BCUT2D eigenvalue weighted by Crippen LogP contribution is -2.43. The number of aryl methyl sites for hydroxylation is 1. The highest BCUT2D eigenvalue weighted by atomic mass is 19.4. The van der Waals surface area contributed by atoms with Crippen LogP contribution in [0.4, 0.5) is 13.2 Å². The largest absolute Gasteiger partial charge is 0.433 e. The quantitative estimate of drug-likeness (QED) is 0.748. The number of likely N-dealkylation sites (tertiary alicyclic amines) is 1. The molecule has 6 nitrogen and oxygen atoms in total. The number of amides is 1. The summed E-state index contributed by atoms with van der Waals surface area (Å²) in [6, 6.07) is 2.64. The Morgan fingerprint density at radius 2 is 1.90 bits per heavy atom. The van der Waals surface area contributed by atoms with Crippen LogP contribution in [0.3, 0.4) is 0 Å². The number of nitrogens with zero attached hydrogens (tertiary/aromatic N) is 4. The number of piperidine rings is 1. The summed E-state index contributed by atoms with van der Waals surface area (Å²) >= 11 is 0. The molecule has 0 spiro atoms. The molecule has 0 N–H and O–H groups in total. The summed E-state index contributed by atoms with van der Waals surface area (Å²) in [6.07, 6.45) is 0.769. The van der Waals surface area contributed by atoms with Crippen molar-refractivity contribution in [3.63, 3.8) is 0 Å². The SMILES string of the molecule is COC1CCC(C(=O)N2CCC[C@@H](c3cc4nc(C)cc(C(F)(F)F)n4n3)C2)CC1. The summed E-state index contributed by atoms with van der Waals surface area (Å²) in [5.41, 5.74) is 0.237. The molecule has 0 unspecified atom stereocenters. The zero-order valence-electron chi connectivity index (χ0n) is 17.3. The maximum absolute atomic E-state index is 13.4. The van der Waals surface area contributed by atoms with Crippen molar-refractivity contribution in [2.75, 3.05) is 20.2 Å². The fourth-order valence-electron chi connectivity index (χ4n) is 4.74. The molecular formula is C21H27F3N4O2. The van der Waals surface area contributed by atoms with E-state index in [1.165, 1.54) is 0 Å². The van der Waals surface area contributed by atoms with Crippen LogP contribution >= 0.6 is 0 Å². The van der Waals surface area contributed by atoms with E-state index in [1.54, 1.807) is 20.1 Å². The van der Waals surface area contributed by atoms with Gasteiger partial charge in [0.2, 0.25) is 5.91 Å². The van der Waals surface area contributed by atoms with Crippen molar-refractivity contribution >= 4 is 11.6 Å². The number of carbonyl (C=O) groups is 1. The third-order valence-corrected chi connectivity index (χ3v) is 6.37. The van der Waals surface area contributed by atoms with Gasteiger partial charge in [0, 0.05) is 43.8 Å². The molecule has 3 heterocycles. The van der Waals surface area contributed by atoms with Crippen molar-refractivity contribution in [1.29, 1.82) is 0 Å². The van der Waals surface area contributed by atoms with Crippen LogP contribution in [0.15, 0.2) is 12.1 Å². The van der Waals surface area contributed by atoms with E-state index in [-0.39, 0.29) is 29.5 Å². The van der Waals surface area contributed by atoms with Gasteiger partial charge in [0.15, 0.2) is 5.65 Å². The lowest BCUT2D eigenvalue weighted by molar-refractivity contribution is -0.142. The van der Waals surface area contributed by atoms with E-state index in [2.05, 4.69) is 10.1 Å². The zero-order chi connectivity index (χ0) is 21.5. The van der Waals surface area contributed by atoms with Crippen LogP contribution in [0.1, 0.15) is 61.5 Å². The monoisotopic (exact) mass is 424 g/mol. The molecule has 4 rings (SSSR count). The average molecular weight is 424 g/mol. The van der Waals surface area contributed by atoms with E-state index in [0.717, 1.165) is 49.1 Å². The van der Waals surface area contributed by atoms with E-state index < -0.39 is 11.9 Å². The Labute approximate surface area is 173 Å². The molecule has 0 aromatic carbocycles. The Bertz CT molecular complexity index is 919. The number of ether oxygens (including phenoxy) is 1. The van der Waals surface area contributed by atoms with Crippen molar-refractivity contribution in [2.45, 2.75) is 63.6 Å². The third-order valence-electron chi connectivity index (χ3n) is 6.37. The van der Waals surface area contributed by atoms with Crippen molar-refractivity contribution in [3.05, 3.63) is 29.2 Å². The molecule has 30 heavy (non-hydrogen) atoms. The number of hydrogen-bond acceptors (Lipinski definition) is 4. The van der Waals surface area contributed by atoms with Gasteiger partial charge in [0.25, 0.3) is 0 Å². The Hall–Kier alpha value is -2.16. The van der Waals surface area contributed by atoms with Crippen molar-refractivity contribution in [1.82, 2.24) is 19.5 Å². The van der Waals surface area contributed by atoms with Gasteiger partial charge in [-0.3, -0.25) is 4.79 Å². The molecule has 1 atom stereocenters. The van der Waals surface area contributed by atoms with Crippen LogP contribution in [-0.2, 0) is 15.7 Å². The van der Waals surface area contributed by atoms with Crippen molar-refractivity contribution in [3.8, 4) is 0 Å². The van der Waals surface area contributed by atoms with E-state index in [4.69, 9.17) is 4.74 Å². The third kappa shape index (κ3) is 4.17. The molecule has 1 saturated carbocycles. The number of rotatable bonds is 3. The van der Waals surface area contributed by atoms with Gasteiger partial charge in [-0.05, 0) is 51.5 Å². The minimum atomic E-state index is -4.51. The first-order valence-corrected chi connectivity index (χ1v) is 10.5. The van der Waals surface area contributed by atoms with Crippen LogP contribution < -0.4 is 0 Å². The van der Waals surface area contributed by atoms with Gasteiger partial charge >= 0.3 is 6.18 Å². The molecule has 164 valence electrons. The minimum absolute atomic E-state index is 0.0115. The van der Waals surface area contributed by atoms with Crippen LogP contribution in [0.5, 0.6) is 0 Å². The van der Waals surface area contributed by atoms with Gasteiger partial charge in [-0.25, -0.2) is 9.50 Å². The van der Waals surface area contributed by atoms with Gasteiger partial charge in [-0.2, -0.15) is 18.3 Å². The smallest absolute Gasteiger partial charge is 0.381 e. The first-order chi connectivity index (χ1) is 14.3. The molecule has 2 aromatic heterocycles. The van der Waals surface area contributed by atoms with Crippen molar-refractivity contribution in [2.24, 2.45) is 5.92 Å².